The molecule has 1 aromatic rings. The van der Waals surface area contributed by atoms with Crippen LogP contribution in [0.3, 0.4) is 0 Å². The molecule has 0 radical (unpaired) electrons. The van der Waals surface area contributed by atoms with Gasteiger partial charge in [0.25, 0.3) is 0 Å². The Hall–Kier alpha value is -0.590. The van der Waals surface area contributed by atoms with Gasteiger partial charge in [-0.15, -0.1) is 0 Å². The van der Waals surface area contributed by atoms with Crippen LogP contribution in [-0.2, 0) is 11.3 Å². The molecule has 4 nitrogen and oxygen atoms in total. The molecule has 0 aliphatic carbocycles. The SMILES string of the molecule is Cc1cc(I)nn1CC(N)=O. The maximum Gasteiger partial charge on any atom is 0.239 e. The molecule has 0 atom stereocenters. The van der Waals surface area contributed by atoms with Crippen molar-refractivity contribution in [2.45, 2.75) is 13.5 Å². The number of halogens is 1. The number of rotatable bonds is 2. The lowest BCUT2D eigenvalue weighted by atomic mass is 10.5. The van der Waals surface area contributed by atoms with E-state index in [0.717, 1.165) is 9.39 Å². The lowest BCUT2D eigenvalue weighted by molar-refractivity contribution is -0.118. The van der Waals surface area contributed by atoms with Gasteiger partial charge >= 0.3 is 0 Å². The number of nitrogens with zero attached hydrogens (tertiary/aromatic N) is 2. The lowest BCUT2D eigenvalue weighted by Crippen LogP contribution is -2.20. The summed E-state index contributed by atoms with van der Waals surface area (Å²) in [6.45, 7) is 2.05. The summed E-state index contributed by atoms with van der Waals surface area (Å²) in [6.07, 6.45) is 0. The van der Waals surface area contributed by atoms with Crippen LogP contribution in [0.2, 0.25) is 0 Å². The molecular weight excluding hydrogens is 257 g/mol. The van der Waals surface area contributed by atoms with Gasteiger partial charge in [-0.25, -0.2) is 0 Å². The number of carbonyl (C=O) groups is 1. The normalized spacial score (nSPS) is 10.0. The lowest BCUT2D eigenvalue weighted by Gasteiger charge is -1.98. The van der Waals surface area contributed by atoms with E-state index in [1.54, 1.807) is 4.68 Å². The molecule has 0 aliphatic heterocycles. The fraction of sp³-hybridized carbons (Fsp3) is 0.333. The van der Waals surface area contributed by atoms with E-state index in [9.17, 15) is 4.79 Å². The summed E-state index contributed by atoms with van der Waals surface area (Å²) in [5.41, 5.74) is 5.95. The number of carbonyl (C=O) groups excluding carboxylic acids is 1. The Balaban J connectivity index is 2.85. The molecule has 0 aromatic carbocycles. The quantitative estimate of drug-likeness (QED) is 0.781. The van der Waals surface area contributed by atoms with Crippen molar-refractivity contribution in [2.75, 3.05) is 0 Å². The first kappa shape index (κ1) is 8.51. The zero-order valence-corrected chi connectivity index (χ0v) is 8.20. The summed E-state index contributed by atoms with van der Waals surface area (Å²) < 4.78 is 2.46. The molecular formula is C6H8IN3O. The highest BCUT2D eigenvalue weighted by atomic mass is 127. The van der Waals surface area contributed by atoms with Crippen LogP contribution < -0.4 is 5.73 Å². The van der Waals surface area contributed by atoms with Crippen LogP contribution in [0, 0.1) is 10.6 Å². The smallest absolute Gasteiger partial charge is 0.239 e. The van der Waals surface area contributed by atoms with Gasteiger partial charge in [0, 0.05) is 5.69 Å². The van der Waals surface area contributed by atoms with Gasteiger partial charge in [-0.2, -0.15) is 5.10 Å². The second-order valence-electron chi connectivity index (χ2n) is 2.23. The zero-order chi connectivity index (χ0) is 8.43. The average Bonchev–Trinajstić information content (AvgIpc) is 2.09. The highest BCUT2D eigenvalue weighted by molar-refractivity contribution is 14.1. The summed E-state index contributed by atoms with van der Waals surface area (Å²) >= 11 is 2.09. The van der Waals surface area contributed by atoms with Gasteiger partial charge in [-0.3, -0.25) is 9.48 Å². The minimum Gasteiger partial charge on any atom is -0.368 e. The maximum absolute atomic E-state index is 10.5. The number of nitrogens with two attached hydrogens (primary N) is 1. The van der Waals surface area contributed by atoms with Crippen molar-refractivity contribution in [1.82, 2.24) is 9.78 Å². The van der Waals surface area contributed by atoms with Gasteiger partial charge < -0.3 is 5.73 Å². The van der Waals surface area contributed by atoms with Crippen molar-refractivity contribution in [3.8, 4) is 0 Å². The Morgan fingerprint density at radius 2 is 2.55 bits per heavy atom. The van der Waals surface area contributed by atoms with Crippen molar-refractivity contribution in [2.24, 2.45) is 5.73 Å². The average molecular weight is 265 g/mol. The predicted octanol–water partition coefficient (Wildman–Crippen LogP) is 0.281. The standard InChI is InChI=1S/C6H8IN3O/c1-4-2-5(7)9-10(4)3-6(8)11/h2H,3H2,1H3,(H2,8,11). The molecule has 5 heteroatoms. The summed E-state index contributed by atoms with van der Waals surface area (Å²) in [4.78, 5) is 10.5. The van der Waals surface area contributed by atoms with Crippen molar-refractivity contribution in [1.29, 1.82) is 0 Å². The summed E-state index contributed by atoms with van der Waals surface area (Å²) in [5.74, 6) is -0.368. The third-order valence-corrected chi connectivity index (χ3v) is 1.78. The molecule has 0 fully saturated rings. The van der Waals surface area contributed by atoms with E-state index < -0.39 is 0 Å². The molecule has 0 bridgehead atoms. The molecule has 1 aromatic heterocycles. The van der Waals surface area contributed by atoms with E-state index in [4.69, 9.17) is 5.73 Å². The number of amides is 1. The molecule has 1 heterocycles. The van der Waals surface area contributed by atoms with Gasteiger partial charge in [0.15, 0.2) is 0 Å². The predicted molar refractivity (Wildman–Crippen MR) is 48.9 cm³/mol. The van der Waals surface area contributed by atoms with E-state index in [1.165, 1.54) is 0 Å². The van der Waals surface area contributed by atoms with Crippen LogP contribution in [0.15, 0.2) is 6.07 Å². The summed E-state index contributed by atoms with van der Waals surface area (Å²) in [6, 6.07) is 1.89. The third-order valence-electron chi connectivity index (χ3n) is 1.26. The zero-order valence-electron chi connectivity index (χ0n) is 6.04. The Bertz CT molecular complexity index is 281. The number of primary amides is 1. The molecule has 60 valence electrons. The van der Waals surface area contributed by atoms with Gasteiger partial charge in [-0.05, 0) is 35.6 Å². The van der Waals surface area contributed by atoms with E-state index in [2.05, 4.69) is 27.7 Å². The minimum atomic E-state index is -0.368. The van der Waals surface area contributed by atoms with Crippen LogP contribution >= 0.6 is 22.6 Å². The summed E-state index contributed by atoms with van der Waals surface area (Å²) in [7, 11) is 0. The Labute approximate surface area is 77.9 Å². The van der Waals surface area contributed by atoms with E-state index in [0.29, 0.717) is 0 Å². The largest absolute Gasteiger partial charge is 0.368 e. The molecule has 1 rings (SSSR count). The van der Waals surface area contributed by atoms with Gasteiger partial charge in [0.2, 0.25) is 5.91 Å². The van der Waals surface area contributed by atoms with Crippen LogP contribution in [0.25, 0.3) is 0 Å². The summed E-state index contributed by atoms with van der Waals surface area (Å²) in [5, 5.41) is 4.05. The minimum absolute atomic E-state index is 0.162. The van der Waals surface area contributed by atoms with Crippen molar-refractivity contribution in [3.05, 3.63) is 15.5 Å². The fourth-order valence-electron chi connectivity index (χ4n) is 0.778. The second-order valence-corrected chi connectivity index (χ2v) is 3.34. The molecule has 0 spiro atoms. The van der Waals surface area contributed by atoms with Crippen molar-refractivity contribution >= 4 is 28.5 Å². The highest BCUT2D eigenvalue weighted by Crippen LogP contribution is 2.04. The Kier molecular flexibility index (Phi) is 2.48. The highest BCUT2D eigenvalue weighted by Gasteiger charge is 2.03. The number of aryl methyl sites for hydroxylation is 1. The Morgan fingerprint density at radius 1 is 1.91 bits per heavy atom. The molecule has 11 heavy (non-hydrogen) atoms. The topological polar surface area (TPSA) is 60.9 Å². The Morgan fingerprint density at radius 3 is 2.91 bits per heavy atom. The van der Waals surface area contributed by atoms with Gasteiger partial charge in [0.1, 0.15) is 10.2 Å². The second kappa shape index (κ2) is 3.21. The fourth-order valence-corrected chi connectivity index (χ4v) is 1.49. The number of aromatic nitrogens is 2. The van der Waals surface area contributed by atoms with Gasteiger partial charge in [-0.1, -0.05) is 0 Å². The molecule has 0 unspecified atom stereocenters. The first-order valence-electron chi connectivity index (χ1n) is 3.08. The van der Waals surface area contributed by atoms with Crippen LogP contribution in [0.1, 0.15) is 5.69 Å². The molecule has 1 amide bonds. The van der Waals surface area contributed by atoms with Crippen LogP contribution in [0.5, 0.6) is 0 Å². The van der Waals surface area contributed by atoms with Crippen molar-refractivity contribution in [3.63, 3.8) is 0 Å². The van der Waals surface area contributed by atoms with Crippen LogP contribution in [0.4, 0.5) is 0 Å². The van der Waals surface area contributed by atoms with Crippen molar-refractivity contribution < 1.29 is 4.79 Å². The van der Waals surface area contributed by atoms with E-state index >= 15 is 0 Å². The molecule has 0 aliphatic rings. The third kappa shape index (κ3) is 2.18. The van der Waals surface area contributed by atoms with E-state index in [1.807, 2.05) is 13.0 Å². The number of hydrogen-bond donors (Lipinski definition) is 1. The first-order chi connectivity index (χ1) is 5.09. The monoisotopic (exact) mass is 265 g/mol. The first-order valence-corrected chi connectivity index (χ1v) is 4.15. The molecule has 0 saturated carbocycles. The molecule has 2 N–H and O–H groups in total. The van der Waals surface area contributed by atoms with Gasteiger partial charge in [0.05, 0.1) is 0 Å². The van der Waals surface area contributed by atoms with Crippen LogP contribution in [-0.4, -0.2) is 15.7 Å². The molecule has 0 saturated heterocycles. The van der Waals surface area contributed by atoms with E-state index in [-0.39, 0.29) is 12.5 Å². The number of hydrogen-bond acceptors (Lipinski definition) is 2. The maximum atomic E-state index is 10.5.